The van der Waals surface area contributed by atoms with Gasteiger partial charge in [-0.25, -0.2) is 9.97 Å². The number of nitrogens with zero attached hydrogens (tertiary/aromatic N) is 3. The second-order valence-electron chi connectivity index (χ2n) is 6.01. The Kier molecular flexibility index (Phi) is 3.60. The Labute approximate surface area is 136 Å². The van der Waals surface area contributed by atoms with Crippen LogP contribution in [0.15, 0.2) is 22.7 Å². The number of aromatic nitrogens is 3. The van der Waals surface area contributed by atoms with Gasteiger partial charge in [-0.05, 0) is 25.2 Å². The summed E-state index contributed by atoms with van der Waals surface area (Å²) in [4.78, 5) is 37.9. The summed E-state index contributed by atoms with van der Waals surface area (Å²) in [6, 6.07) is 1.54. The fraction of sp³-hybridized carbons (Fsp3) is 0.467. The highest BCUT2D eigenvalue weighted by Gasteiger charge is 2.32. The first kappa shape index (κ1) is 14.4. The minimum atomic E-state index is -0.168. The van der Waals surface area contributed by atoms with E-state index in [9.17, 15) is 9.59 Å². The number of hydrogen-bond acceptors (Lipinski definition) is 6. The summed E-state index contributed by atoms with van der Waals surface area (Å²) < 4.78 is 0. The van der Waals surface area contributed by atoms with Crippen LogP contribution in [0.5, 0.6) is 0 Å². The molecule has 4 rings (SSSR count). The number of carbonyl (C=O) groups is 1. The Hall–Kier alpha value is -2.22. The van der Waals surface area contributed by atoms with E-state index in [2.05, 4.69) is 20.3 Å². The summed E-state index contributed by atoms with van der Waals surface area (Å²) >= 11 is 1.57. The van der Waals surface area contributed by atoms with Crippen molar-refractivity contribution in [2.75, 3.05) is 18.0 Å². The minimum absolute atomic E-state index is 0.0531. The average Bonchev–Trinajstić information content (AvgIpc) is 3.09. The van der Waals surface area contributed by atoms with Crippen molar-refractivity contribution in [2.24, 2.45) is 0 Å². The van der Waals surface area contributed by atoms with Gasteiger partial charge in [0.2, 0.25) is 0 Å². The lowest BCUT2D eigenvalue weighted by atomic mass is 10.2. The third-order valence-electron chi connectivity index (χ3n) is 4.27. The lowest BCUT2D eigenvalue weighted by Crippen LogP contribution is -2.37. The fourth-order valence-electron chi connectivity index (χ4n) is 2.93. The average molecular weight is 331 g/mol. The van der Waals surface area contributed by atoms with Gasteiger partial charge in [-0.3, -0.25) is 9.59 Å². The second-order valence-corrected chi connectivity index (χ2v) is 6.90. The predicted octanol–water partition coefficient (Wildman–Crippen LogP) is 1.11. The summed E-state index contributed by atoms with van der Waals surface area (Å²) in [5.41, 5.74) is 2.17. The van der Waals surface area contributed by atoms with Gasteiger partial charge in [0.15, 0.2) is 0 Å². The van der Waals surface area contributed by atoms with Gasteiger partial charge < -0.3 is 15.2 Å². The first-order valence-corrected chi connectivity index (χ1v) is 8.62. The van der Waals surface area contributed by atoms with E-state index in [-0.39, 0.29) is 17.5 Å². The molecule has 1 atom stereocenters. The van der Waals surface area contributed by atoms with Gasteiger partial charge in [-0.2, -0.15) is 0 Å². The molecule has 1 saturated carbocycles. The van der Waals surface area contributed by atoms with Gasteiger partial charge in [0, 0.05) is 30.1 Å². The molecule has 2 aromatic rings. The van der Waals surface area contributed by atoms with Gasteiger partial charge in [0.1, 0.15) is 11.5 Å². The molecular weight excluding hydrogens is 314 g/mol. The molecule has 1 amide bonds. The zero-order valence-corrected chi connectivity index (χ0v) is 13.3. The smallest absolute Gasteiger partial charge is 0.271 e. The van der Waals surface area contributed by atoms with E-state index in [0.29, 0.717) is 24.0 Å². The number of carbonyl (C=O) groups excluding carboxylic acids is 1. The Bertz CT molecular complexity index is 782. The number of thiazole rings is 1. The first-order valence-electron chi connectivity index (χ1n) is 7.74. The van der Waals surface area contributed by atoms with Crippen LogP contribution in [-0.2, 0) is 0 Å². The van der Waals surface area contributed by atoms with E-state index >= 15 is 0 Å². The van der Waals surface area contributed by atoms with Crippen molar-refractivity contribution in [3.8, 4) is 0 Å². The van der Waals surface area contributed by atoms with Crippen LogP contribution in [0.3, 0.4) is 0 Å². The van der Waals surface area contributed by atoms with Crippen LogP contribution in [0, 0.1) is 0 Å². The van der Waals surface area contributed by atoms with Crippen LogP contribution >= 0.6 is 11.3 Å². The number of H-pyrrole nitrogens is 1. The largest absolute Gasteiger partial charge is 0.354 e. The molecule has 1 aliphatic carbocycles. The quantitative estimate of drug-likeness (QED) is 0.876. The highest BCUT2D eigenvalue weighted by atomic mass is 32.1. The van der Waals surface area contributed by atoms with E-state index in [0.717, 1.165) is 30.7 Å². The van der Waals surface area contributed by atoms with Gasteiger partial charge >= 0.3 is 0 Å². The van der Waals surface area contributed by atoms with E-state index in [4.69, 9.17) is 0 Å². The molecule has 2 aromatic heterocycles. The van der Waals surface area contributed by atoms with Crippen LogP contribution in [0.25, 0.3) is 0 Å². The van der Waals surface area contributed by atoms with Crippen molar-refractivity contribution in [1.82, 2.24) is 20.3 Å². The molecule has 2 fully saturated rings. The SMILES string of the molecule is O=C(NC1CCN(c2cc(=O)[nH]cn2)C1)c1ncsc1C1CC1. The molecule has 2 N–H and O–H groups in total. The van der Waals surface area contributed by atoms with Crippen LogP contribution in [0.2, 0.25) is 0 Å². The maximum atomic E-state index is 12.5. The molecule has 0 bridgehead atoms. The van der Waals surface area contributed by atoms with Crippen molar-refractivity contribution in [3.63, 3.8) is 0 Å². The fourth-order valence-corrected chi connectivity index (χ4v) is 3.89. The van der Waals surface area contributed by atoms with Gasteiger partial charge in [0.25, 0.3) is 11.5 Å². The van der Waals surface area contributed by atoms with Crippen LogP contribution < -0.4 is 15.8 Å². The zero-order chi connectivity index (χ0) is 15.8. The maximum absolute atomic E-state index is 12.5. The Morgan fingerprint density at radius 2 is 2.22 bits per heavy atom. The molecule has 1 saturated heterocycles. The number of anilines is 1. The Morgan fingerprint density at radius 1 is 1.35 bits per heavy atom. The Balaban J connectivity index is 1.41. The molecule has 1 aliphatic heterocycles. The van der Waals surface area contributed by atoms with Gasteiger partial charge in [-0.15, -0.1) is 11.3 Å². The molecule has 1 unspecified atom stereocenters. The molecule has 7 nitrogen and oxygen atoms in total. The van der Waals surface area contributed by atoms with E-state index < -0.39 is 0 Å². The van der Waals surface area contributed by atoms with Crippen molar-refractivity contribution in [1.29, 1.82) is 0 Å². The molecule has 23 heavy (non-hydrogen) atoms. The molecular formula is C15H17N5O2S. The summed E-state index contributed by atoms with van der Waals surface area (Å²) in [5.74, 6) is 1.10. The lowest BCUT2D eigenvalue weighted by Gasteiger charge is -2.17. The summed E-state index contributed by atoms with van der Waals surface area (Å²) in [7, 11) is 0. The molecule has 120 valence electrons. The highest BCUT2D eigenvalue weighted by molar-refractivity contribution is 7.10. The first-order chi connectivity index (χ1) is 11.2. The van der Waals surface area contributed by atoms with E-state index in [1.165, 1.54) is 12.4 Å². The van der Waals surface area contributed by atoms with Crippen LogP contribution in [-0.4, -0.2) is 40.0 Å². The summed E-state index contributed by atoms with van der Waals surface area (Å²) in [5, 5.41) is 3.07. The van der Waals surface area contributed by atoms with E-state index in [1.807, 2.05) is 4.90 Å². The van der Waals surface area contributed by atoms with E-state index in [1.54, 1.807) is 16.8 Å². The lowest BCUT2D eigenvalue weighted by molar-refractivity contribution is 0.0935. The number of aromatic amines is 1. The van der Waals surface area contributed by atoms with Crippen LogP contribution in [0.4, 0.5) is 5.82 Å². The second kappa shape index (κ2) is 5.77. The molecule has 8 heteroatoms. The minimum Gasteiger partial charge on any atom is -0.354 e. The van der Waals surface area contributed by atoms with Crippen molar-refractivity contribution < 1.29 is 4.79 Å². The normalized spacial score (nSPS) is 20.7. The third kappa shape index (κ3) is 2.98. The van der Waals surface area contributed by atoms with Crippen molar-refractivity contribution in [2.45, 2.75) is 31.2 Å². The standard InChI is InChI=1S/C15H17N5O2S/c21-12-5-11(16-7-17-12)20-4-3-10(6-20)19-15(22)13-14(9-1-2-9)23-8-18-13/h5,7-10H,1-4,6H2,(H,19,22)(H,16,17,21). The maximum Gasteiger partial charge on any atom is 0.271 e. The number of rotatable bonds is 4. The zero-order valence-electron chi connectivity index (χ0n) is 12.5. The van der Waals surface area contributed by atoms with Crippen LogP contribution in [0.1, 0.15) is 40.5 Å². The summed E-state index contributed by atoms with van der Waals surface area (Å²) in [6.07, 6.45) is 4.56. The summed E-state index contributed by atoms with van der Waals surface area (Å²) in [6.45, 7) is 1.43. The molecule has 0 radical (unpaired) electrons. The molecule has 0 aromatic carbocycles. The Morgan fingerprint density at radius 3 is 3.00 bits per heavy atom. The predicted molar refractivity (Wildman–Crippen MR) is 87.0 cm³/mol. The number of amides is 1. The van der Waals surface area contributed by atoms with Crippen molar-refractivity contribution in [3.05, 3.63) is 38.8 Å². The molecule has 0 spiro atoms. The highest BCUT2D eigenvalue weighted by Crippen LogP contribution is 2.43. The van der Waals surface area contributed by atoms with Gasteiger partial charge in [-0.1, -0.05) is 0 Å². The molecule has 2 aliphatic rings. The number of hydrogen-bond donors (Lipinski definition) is 2. The van der Waals surface area contributed by atoms with Gasteiger partial charge in [0.05, 0.1) is 11.8 Å². The number of nitrogens with one attached hydrogen (secondary N) is 2. The molecule has 3 heterocycles. The topological polar surface area (TPSA) is 91.0 Å². The third-order valence-corrected chi connectivity index (χ3v) is 5.26. The monoisotopic (exact) mass is 331 g/mol. The van der Waals surface area contributed by atoms with Crippen molar-refractivity contribution >= 4 is 23.1 Å².